The first-order valence-electron chi connectivity index (χ1n) is 7.60. The summed E-state index contributed by atoms with van der Waals surface area (Å²) in [6.07, 6.45) is 7.14. The second-order valence-corrected chi connectivity index (χ2v) is 6.10. The number of likely N-dealkylation sites (tertiary alicyclic amines) is 1. The molecule has 4 aliphatic rings. The molecule has 0 radical (unpaired) electrons. The van der Waals surface area contributed by atoms with Crippen LogP contribution in [0.4, 0.5) is 0 Å². The molecule has 0 aliphatic carbocycles. The zero-order valence-corrected chi connectivity index (χ0v) is 11.0. The van der Waals surface area contributed by atoms with Crippen LogP contribution in [0, 0.1) is 5.92 Å². The molecule has 3 heteroatoms. The van der Waals surface area contributed by atoms with Gasteiger partial charge in [0.05, 0.1) is 0 Å². The van der Waals surface area contributed by atoms with E-state index in [-0.39, 0.29) is 0 Å². The SMILES string of the molecule is C1CCN(CCNC2CN3CCC2CC3)CC1. The van der Waals surface area contributed by atoms with Gasteiger partial charge in [-0.1, -0.05) is 6.42 Å². The zero-order chi connectivity index (χ0) is 11.5. The Kier molecular flexibility index (Phi) is 3.99. The predicted octanol–water partition coefficient (Wildman–Crippen LogP) is 1.16. The Balaban J connectivity index is 1.36. The number of rotatable bonds is 4. The van der Waals surface area contributed by atoms with Gasteiger partial charge < -0.3 is 15.1 Å². The minimum absolute atomic E-state index is 0.794. The lowest BCUT2D eigenvalue weighted by molar-refractivity contribution is 0.0709. The topological polar surface area (TPSA) is 18.5 Å². The average molecular weight is 237 g/mol. The van der Waals surface area contributed by atoms with Crippen molar-refractivity contribution >= 4 is 0 Å². The first-order chi connectivity index (χ1) is 8.42. The molecule has 1 atom stereocenters. The normalized spacial score (nSPS) is 38.5. The van der Waals surface area contributed by atoms with Gasteiger partial charge in [-0.25, -0.2) is 0 Å². The van der Waals surface area contributed by atoms with Crippen LogP contribution in [0.2, 0.25) is 0 Å². The first-order valence-corrected chi connectivity index (χ1v) is 7.60. The summed E-state index contributed by atoms with van der Waals surface area (Å²) in [6.45, 7) is 9.16. The number of hydrogen-bond donors (Lipinski definition) is 1. The lowest BCUT2D eigenvalue weighted by Gasteiger charge is -2.45. The van der Waals surface area contributed by atoms with Crippen LogP contribution < -0.4 is 5.32 Å². The van der Waals surface area contributed by atoms with Crippen molar-refractivity contribution in [3.8, 4) is 0 Å². The molecule has 0 saturated carbocycles. The van der Waals surface area contributed by atoms with Gasteiger partial charge in [-0.05, 0) is 57.8 Å². The minimum atomic E-state index is 0.794. The molecule has 0 spiro atoms. The van der Waals surface area contributed by atoms with Crippen LogP contribution in [0.1, 0.15) is 32.1 Å². The van der Waals surface area contributed by atoms with Crippen molar-refractivity contribution in [3.63, 3.8) is 0 Å². The van der Waals surface area contributed by atoms with E-state index >= 15 is 0 Å². The van der Waals surface area contributed by atoms with E-state index in [1.165, 1.54) is 77.9 Å². The Morgan fingerprint density at radius 1 is 0.941 bits per heavy atom. The number of piperidine rings is 4. The Morgan fingerprint density at radius 3 is 2.35 bits per heavy atom. The van der Waals surface area contributed by atoms with E-state index in [2.05, 4.69) is 15.1 Å². The molecule has 4 heterocycles. The maximum atomic E-state index is 3.82. The fourth-order valence-corrected chi connectivity index (χ4v) is 3.79. The van der Waals surface area contributed by atoms with Crippen LogP contribution in [0.15, 0.2) is 0 Å². The van der Waals surface area contributed by atoms with Gasteiger partial charge in [-0.2, -0.15) is 0 Å². The summed E-state index contributed by atoms with van der Waals surface area (Å²) in [4.78, 5) is 5.27. The molecule has 2 bridgehead atoms. The molecule has 0 amide bonds. The van der Waals surface area contributed by atoms with E-state index in [9.17, 15) is 0 Å². The van der Waals surface area contributed by atoms with Gasteiger partial charge in [0.15, 0.2) is 0 Å². The maximum Gasteiger partial charge on any atom is 0.0224 e. The molecule has 1 N–H and O–H groups in total. The molecule has 4 rings (SSSR count). The lowest BCUT2D eigenvalue weighted by atomic mass is 9.84. The van der Waals surface area contributed by atoms with E-state index < -0.39 is 0 Å². The molecule has 98 valence electrons. The van der Waals surface area contributed by atoms with Crippen molar-refractivity contribution in [3.05, 3.63) is 0 Å². The van der Waals surface area contributed by atoms with Gasteiger partial charge in [0, 0.05) is 25.7 Å². The minimum Gasteiger partial charge on any atom is -0.311 e. The smallest absolute Gasteiger partial charge is 0.0224 e. The molecule has 4 fully saturated rings. The molecule has 4 aliphatic heterocycles. The van der Waals surface area contributed by atoms with Crippen molar-refractivity contribution in [2.24, 2.45) is 5.92 Å². The number of hydrogen-bond acceptors (Lipinski definition) is 3. The number of nitrogens with zero attached hydrogens (tertiary/aromatic N) is 2. The van der Waals surface area contributed by atoms with E-state index in [0.29, 0.717) is 0 Å². The third kappa shape index (κ3) is 3.01. The summed E-state index contributed by atoms with van der Waals surface area (Å²) < 4.78 is 0. The largest absolute Gasteiger partial charge is 0.311 e. The summed E-state index contributed by atoms with van der Waals surface area (Å²) in [5.41, 5.74) is 0. The molecule has 0 aromatic carbocycles. The second-order valence-electron chi connectivity index (χ2n) is 6.10. The molecule has 1 unspecified atom stereocenters. The van der Waals surface area contributed by atoms with E-state index in [1.807, 2.05) is 0 Å². The quantitative estimate of drug-likeness (QED) is 0.791. The first kappa shape index (κ1) is 11.9. The second kappa shape index (κ2) is 5.68. The fourth-order valence-electron chi connectivity index (χ4n) is 3.79. The van der Waals surface area contributed by atoms with Gasteiger partial charge in [-0.15, -0.1) is 0 Å². The standard InChI is InChI=1S/C14H27N3/c1-2-7-16(8-3-1)11-6-15-14-12-17-9-4-13(14)5-10-17/h13-15H,1-12H2. The zero-order valence-electron chi connectivity index (χ0n) is 11.0. The third-order valence-corrected chi connectivity index (χ3v) is 4.94. The van der Waals surface area contributed by atoms with Crippen molar-refractivity contribution < 1.29 is 0 Å². The molecule has 4 saturated heterocycles. The summed E-state index contributed by atoms with van der Waals surface area (Å²) in [5, 5.41) is 3.82. The summed E-state index contributed by atoms with van der Waals surface area (Å²) in [7, 11) is 0. The van der Waals surface area contributed by atoms with Crippen LogP contribution >= 0.6 is 0 Å². The molecular weight excluding hydrogens is 210 g/mol. The van der Waals surface area contributed by atoms with Crippen LogP contribution in [0.25, 0.3) is 0 Å². The number of fused-ring (bicyclic) bond motifs is 3. The Hall–Kier alpha value is -0.120. The van der Waals surface area contributed by atoms with Crippen molar-refractivity contribution in [2.75, 3.05) is 45.8 Å². The van der Waals surface area contributed by atoms with Crippen molar-refractivity contribution in [1.29, 1.82) is 0 Å². The Bertz CT molecular complexity index is 230. The lowest BCUT2D eigenvalue weighted by Crippen LogP contribution is -2.56. The summed E-state index contributed by atoms with van der Waals surface area (Å²) in [6, 6.07) is 0.794. The molecular formula is C14H27N3. The van der Waals surface area contributed by atoms with Gasteiger partial charge in [0.1, 0.15) is 0 Å². The van der Waals surface area contributed by atoms with Gasteiger partial charge in [-0.3, -0.25) is 0 Å². The molecule has 0 aromatic rings. The summed E-state index contributed by atoms with van der Waals surface area (Å²) in [5.74, 6) is 0.973. The van der Waals surface area contributed by atoms with Gasteiger partial charge in [0.2, 0.25) is 0 Å². The monoisotopic (exact) mass is 237 g/mol. The highest BCUT2D eigenvalue weighted by atomic mass is 15.2. The highest BCUT2D eigenvalue weighted by Crippen LogP contribution is 2.27. The summed E-state index contributed by atoms with van der Waals surface area (Å²) >= 11 is 0. The highest BCUT2D eigenvalue weighted by Gasteiger charge is 2.33. The third-order valence-electron chi connectivity index (χ3n) is 4.94. The Morgan fingerprint density at radius 2 is 1.71 bits per heavy atom. The molecule has 3 nitrogen and oxygen atoms in total. The van der Waals surface area contributed by atoms with E-state index in [1.54, 1.807) is 0 Å². The highest BCUT2D eigenvalue weighted by molar-refractivity contribution is 4.90. The van der Waals surface area contributed by atoms with Crippen LogP contribution in [0.3, 0.4) is 0 Å². The predicted molar refractivity (Wildman–Crippen MR) is 71.2 cm³/mol. The molecule has 17 heavy (non-hydrogen) atoms. The van der Waals surface area contributed by atoms with Crippen molar-refractivity contribution in [1.82, 2.24) is 15.1 Å². The van der Waals surface area contributed by atoms with Crippen LogP contribution in [-0.2, 0) is 0 Å². The molecule has 0 aromatic heterocycles. The Labute approximate surface area is 106 Å². The maximum absolute atomic E-state index is 3.82. The van der Waals surface area contributed by atoms with Gasteiger partial charge >= 0.3 is 0 Å². The van der Waals surface area contributed by atoms with Gasteiger partial charge in [0.25, 0.3) is 0 Å². The number of nitrogens with one attached hydrogen (secondary N) is 1. The van der Waals surface area contributed by atoms with Crippen LogP contribution in [-0.4, -0.2) is 61.7 Å². The fraction of sp³-hybridized carbons (Fsp3) is 1.00. The average Bonchev–Trinajstić information content (AvgIpc) is 2.41. The van der Waals surface area contributed by atoms with E-state index in [4.69, 9.17) is 0 Å². The van der Waals surface area contributed by atoms with Crippen LogP contribution in [0.5, 0.6) is 0 Å². The van der Waals surface area contributed by atoms with E-state index in [0.717, 1.165) is 12.0 Å². The van der Waals surface area contributed by atoms with Crippen molar-refractivity contribution in [2.45, 2.75) is 38.1 Å².